The standard InChI is InChI=1S/C26H22N2OS/c1-18(2)30-23-11-9-21(10-12-23)20-5-7-22(8-6-20)26(29)14-4-19-3-13-24-25(17-19)28-16-15-27-24/h3-18H,1-2H3/b14-4+. The molecule has 0 aliphatic heterocycles. The van der Waals surface area contributed by atoms with E-state index in [0.29, 0.717) is 10.8 Å². The minimum atomic E-state index is -0.0236. The van der Waals surface area contributed by atoms with Gasteiger partial charge >= 0.3 is 0 Å². The molecule has 0 unspecified atom stereocenters. The Morgan fingerprint density at radius 3 is 2.13 bits per heavy atom. The summed E-state index contributed by atoms with van der Waals surface area (Å²) in [6.45, 7) is 4.38. The molecule has 1 heterocycles. The summed E-state index contributed by atoms with van der Waals surface area (Å²) in [5, 5.41) is 0.566. The largest absolute Gasteiger partial charge is 0.289 e. The number of nitrogens with zero attached hydrogens (tertiary/aromatic N) is 2. The molecule has 0 saturated carbocycles. The molecule has 0 radical (unpaired) electrons. The predicted octanol–water partition coefficient (Wildman–Crippen LogP) is 6.69. The van der Waals surface area contributed by atoms with Gasteiger partial charge in [0.05, 0.1) is 11.0 Å². The predicted molar refractivity (Wildman–Crippen MR) is 126 cm³/mol. The first kappa shape index (κ1) is 20.0. The fourth-order valence-corrected chi connectivity index (χ4v) is 4.01. The number of carbonyl (C=O) groups excluding carboxylic acids is 1. The number of benzene rings is 3. The Kier molecular flexibility index (Phi) is 6.05. The van der Waals surface area contributed by atoms with Crippen molar-refractivity contribution in [3.8, 4) is 11.1 Å². The van der Waals surface area contributed by atoms with Gasteiger partial charge in [-0.15, -0.1) is 11.8 Å². The van der Waals surface area contributed by atoms with E-state index in [1.54, 1.807) is 18.5 Å². The number of fused-ring (bicyclic) bond motifs is 1. The number of hydrogen-bond acceptors (Lipinski definition) is 4. The fraction of sp³-hybridized carbons (Fsp3) is 0.115. The minimum absolute atomic E-state index is 0.0236. The Hall–Kier alpha value is -3.24. The number of aromatic nitrogens is 2. The molecule has 1 aromatic heterocycles. The van der Waals surface area contributed by atoms with Gasteiger partial charge in [-0.25, -0.2) is 0 Å². The topological polar surface area (TPSA) is 42.9 Å². The highest BCUT2D eigenvalue weighted by Gasteiger charge is 2.05. The average Bonchev–Trinajstić information content (AvgIpc) is 2.77. The van der Waals surface area contributed by atoms with Crippen molar-refractivity contribution >= 4 is 34.7 Å². The van der Waals surface area contributed by atoms with Crippen molar-refractivity contribution in [3.05, 3.63) is 96.3 Å². The molecule has 3 aromatic carbocycles. The Bertz CT molecular complexity index is 1200. The molecule has 0 amide bonds. The smallest absolute Gasteiger partial charge is 0.185 e. The maximum absolute atomic E-state index is 12.6. The van der Waals surface area contributed by atoms with Gasteiger partial charge in [-0.3, -0.25) is 14.8 Å². The molecule has 3 nitrogen and oxygen atoms in total. The zero-order valence-electron chi connectivity index (χ0n) is 16.9. The van der Waals surface area contributed by atoms with E-state index in [-0.39, 0.29) is 5.78 Å². The molecule has 148 valence electrons. The second-order valence-corrected chi connectivity index (χ2v) is 8.92. The minimum Gasteiger partial charge on any atom is -0.289 e. The zero-order chi connectivity index (χ0) is 20.9. The first-order valence-corrected chi connectivity index (χ1v) is 10.8. The van der Waals surface area contributed by atoms with E-state index in [1.807, 2.05) is 60.3 Å². The Morgan fingerprint density at radius 1 is 0.833 bits per heavy atom. The van der Waals surface area contributed by atoms with Crippen LogP contribution in [0.2, 0.25) is 0 Å². The van der Waals surface area contributed by atoms with Crippen LogP contribution >= 0.6 is 11.8 Å². The third kappa shape index (κ3) is 4.84. The SMILES string of the molecule is CC(C)Sc1ccc(-c2ccc(C(=O)/C=C/c3ccc4nccnc4c3)cc2)cc1. The lowest BCUT2D eigenvalue weighted by Gasteiger charge is -2.07. The van der Waals surface area contributed by atoms with Crippen molar-refractivity contribution < 1.29 is 4.79 Å². The number of ketones is 1. The second-order valence-electron chi connectivity index (χ2n) is 7.27. The van der Waals surface area contributed by atoms with Crippen LogP contribution in [0.5, 0.6) is 0 Å². The van der Waals surface area contributed by atoms with Gasteiger partial charge in [0.2, 0.25) is 0 Å². The number of thioether (sulfide) groups is 1. The van der Waals surface area contributed by atoms with Gasteiger partial charge in [-0.1, -0.05) is 62.4 Å². The van der Waals surface area contributed by atoms with Gasteiger partial charge in [0, 0.05) is 28.1 Å². The van der Waals surface area contributed by atoms with Gasteiger partial charge in [-0.05, 0) is 47.0 Å². The highest BCUT2D eigenvalue weighted by molar-refractivity contribution is 7.99. The Labute approximate surface area is 180 Å². The molecular weight excluding hydrogens is 388 g/mol. The van der Waals surface area contributed by atoms with Crippen LogP contribution in [0.4, 0.5) is 0 Å². The van der Waals surface area contributed by atoms with Crippen LogP contribution in [0.1, 0.15) is 29.8 Å². The van der Waals surface area contributed by atoms with E-state index >= 15 is 0 Å². The summed E-state index contributed by atoms with van der Waals surface area (Å²) in [5.41, 5.74) is 5.50. The lowest BCUT2D eigenvalue weighted by molar-refractivity contribution is 0.104. The molecule has 0 spiro atoms. The molecule has 0 atom stereocenters. The van der Waals surface area contributed by atoms with Crippen LogP contribution < -0.4 is 0 Å². The van der Waals surface area contributed by atoms with Crippen molar-refractivity contribution in [2.75, 3.05) is 0 Å². The zero-order valence-corrected chi connectivity index (χ0v) is 17.8. The highest BCUT2D eigenvalue weighted by Crippen LogP contribution is 2.27. The lowest BCUT2D eigenvalue weighted by Crippen LogP contribution is -1.94. The lowest BCUT2D eigenvalue weighted by atomic mass is 10.0. The van der Waals surface area contributed by atoms with Crippen molar-refractivity contribution in [2.45, 2.75) is 24.0 Å². The fourth-order valence-electron chi connectivity index (χ4n) is 3.18. The third-order valence-electron chi connectivity index (χ3n) is 4.65. The number of hydrogen-bond donors (Lipinski definition) is 0. The molecule has 4 rings (SSSR count). The van der Waals surface area contributed by atoms with Crippen molar-refractivity contribution in [1.29, 1.82) is 0 Å². The molecule has 0 bridgehead atoms. The third-order valence-corrected chi connectivity index (χ3v) is 5.67. The van der Waals surface area contributed by atoms with E-state index in [9.17, 15) is 4.79 Å². The number of rotatable bonds is 6. The van der Waals surface area contributed by atoms with Crippen molar-refractivity contribution in [2.24, 2.45) is 0 Å². The van der Waals surface area contributed by atoms with Crippen LogP contribution in [-0.4, -0.2) is 21.0 Å². The van der Waals surface area contributed by atoms with Crippen LogP contribution in [0, 0.1) is 0 Å². The maximum Gasteiger partial charge on any atom is 0.185 e. The summed E-state index contributed by atoms with van der Waals surface area (Å²) in [6.07, 6.45) is 6.75. The Balaban J connectivity index is 1.46. The highest BCUT2D eigenvalue weighted by atomic mass is 32.2. The van der Waals surface area contributed by atoms with Gasteiger partial charge in [0.15, 0.2) is 5.78 Å². The molecule has 0 saturated heterocycles. The quantitative estimate of drug-likeness (QED) is 0.202. The van der Waals surface area contributed by atoms with E-state index in [0.717, 1.165) is 27.7 Å². The van der Waals surface area contributed by atoms with Gasteiger partial charge in [0.1, 0.15) is 0 Å². The number of allylic oxidation sites excluding steroid dienone is 1. The average molecular weight is 411 g/mol. The number of carbonyl (C=O) groups is 1. The first-order valence-electron chi connectivity index (χ1n) is 9.89. The van der Waals surface area contributed by atoms with E-state index in [1.165, 1.54) is 4.90 Å². The van der Waals surface area contributed by atoms with Crippen LogP contribution in [0.15, 0.2) is 90.1 Å². The molecule has 0 aliphatic rings. The molecule has 0 fully saturated rings. The molecule has 0 aliphatic carbocycles. The van der Waals surface area contributed by atoms with Gasteiger partial charge in [0.25, 0.3) is 0 Å². The summed E-state index contributed by atoms with van der Waals surface area (Å²) in [4.78, 5) is 22.4. The summed E-state index contributed by atoms with van der Waals surface area (Å²) in [7, 11) is 0. The molecule has 0 N–H and O–H groups in total. The van der Waals surface area contributed by atoms with Crippen LogP contribution in [-0.2, 0) is 0 Å². The van der Waals surface area contributed by atoms with Crippen LogP contribution in [0.3, 0.4) is 0 Å². The molecule has 4 heteroatoms. The summed E-state index contributed by atoms with van der Waals surface area (Å²) < 4.78 is 0. The molecule has 30 heavy (non-hydrogen) atoms. The normalized spacial score (nSPS) is 11.4. The molecular formula is C26H22N2OS. The van der Waals surface area contributed by atoms with Crippen molar-refractivity contribution in [3.63, 3.8) is 0 Å². The van der Waals surface area contributed by atoms with E-state index < -0.39 is 0 Å². The van der Waals surface area contributed by atoms with Crippen molar-refractivity contribution in [1.82, 2.24) is 9.97 Å². The van der Waals surface area contributed by atoms with Gasteiger partial charge in [-0.2, -0.15) is 0 Å². The van der Waals surface area contributed by atoms with Gasteiger partial charge < -0.3 is 0 Å². The van der Waals surface area contributed by atoms with Crippen LogP contribution in [0.25, 0.3) is 28.2 Å². The maximum atomic E-state index is 12.6. The molecule has 4 aromatic rings. The van der Waals surface area contributed by atoms with E-state index in [4.69, 9.17) is 0 Å². The monoisotopic (exact) mass is 410 g/mol. The summed E-state index contributed by atoms with van der Waals surface area (Å²) in [6, 6.07) is 22.1. The van der Waals surface area contributed by atoms with E-state index in [2.05, 4.69) is 48.1 Å². The first-order chi connectivity index (χ1) is 14.6. The second kappa shape index (κ2) is 9.06. The summed E-state index contributed by atoms with van der Waals surface area (Å²) >= 11 is 1.85. The Morgan fingerprint density at radius 2 is 1.47 bits per heavy atom. The summed E-state index contributed by atoms with van der Waals surface area (Å²) in [5.74, 6) is -0.0236.